The van der Waals surface area contributed by atoms with Crippen LogP contribution in [0, 0.1) is 17.6 Å². The smallest absolute Gasteiger partial charge is 0.244 e. The normalized spacial score (nSPS) is 12.2. The summed E-state index contributed by atoms with van der Waals surface area (Å²) in [7, 11) is -2.56. The van der Waals surface area contributed by atoms with Gasteiger partial charge in [-0.1, -0.05) is 32.9 Å². The second-order valence-electron chi connectivity index (χ2n) is 8.80. The highest BCUT2D eigenvalue weighted by molar-refractivity contribution is 7.92. The number of benzene rings is 2. The van der Waals surface area contributed by atoms with E-state index in [1.165, 1.54) is 12.0 Å². The van der Waals surface area contributed by atoms with E-state index in [1.807, 2.05) is 13.8 Å². The molecule has 2 amide bonds. The van der Waals surface area contributed by atoms with Crippen LogP contribution in [0.3, 0.4) is 0 Å². The quantitative estimate of drug-likeness (QED) is 0.459. The summed E-state index contributed by atoms with van der Waals surface area (Å²) in [5, 5.41) is 2.83. The molecular formula is C25H33F2N3O5S. The molecule has 1 N–H and O–H groups in total. The molecule has 36 heavy (non-hydrogen) atoms. The van der Waals surface area contributed by atoms with Crippen LogP contribution >= 0.6 is 0 Å². The Labute approximate surface area is 211 Å². The molecule has 1 unspecified atom stereocenters. The average molecular weight is 526 g/mol. The van der Waals surface area contributed by atoms with Gasteiger partial charge in [0.05, 0.1) is 19.1 Å². The minimum Gasteiger partial charge on any atom is -0.497 e. The van der Waals surface area contributed by atoms with Crippen LogP contribution in [0.15, 0.2) is 42.5 Å². The molecule has 0 bridgehead atoms. The van der Waals surface area contributed by atoms with Crippen molar-refractivity contribution in [3.8, 4) is 5.75 Å². The van der Waals surface area contributed by atoms with Crippen LogP contribution in [0.1, 0.15) is 32.8 Å². The lowest BCUT2D eigenvalue weighted by Gasteiger charge is -2.33. The summed E-state index contributed by atoms with van der Waals surface area (Å²) in [6.45, 7) is 5.31. The molecule has 198 valence electrons. The molecule has 0 aliphatic rings. The lowest BCUT2D eigenvalue weighted by Crippen LogP contribution is -2.52. The van der Waals surface area contributed by atoms with E-state index in [1.54, 1.807) is 31.2 Å². The predicted molar refractivity (Wildman–Crippen MR) is 134 cm³/mol. The first kappa shape index (κ1) is 29.0. The van der Waals surface area contributed by atoms with Gasteiger partial charge in [-0.25, -0.2) is 17.2 Å². The van der Waals surface area contributed by atoms with E-state index in [9.17, 15) is 26.8 Å². The molecule has 2 aromatic carbocycles. The first-order chi connectivity index (χ1) is 16.9. The fraction of sp³-hybridized carbons (Fsp3) is 0.440. The molecule has 0 heterocycles. The monoisotopic (exact) mass is 525 g/mol. The van der Waals surface area contributed by atoms with Crippen LogP contribution < -0.4 is 14.4 Å². The maximum Gasteiger partial charge on any atom is 0.244 e. The summed E-state index contributed by atoms with van der Waals surface area (Å²) in [5.41, 5.74) is 0.458. The summed E-state index contributed by atoms with van der Waals surface area (Å²) in [5.74, 6) is -2.71. The maximum atomic E-state index is 13.9. The number of nitrogens with zero attached hydrogens (tertiary/aromatic N) is 2. The third kappa shape index (κ3) is 7.91. The van der Waals surface area contributed by atoms with Gasteiger partial charge in [-0.3, -0.25) is 13.9 Å². The minimum atomic E-state index is -4.06. The Morgan fingerprint density at radius 3 is 2.33 bits per heavy atom. The van der Waals surface area contributed by atoms with E-state index >= 15 is 0 Å². The summed E-state index contributed by atoms with van der Waals surface area (Å²) < 4.78 is 58.3. The molecule has 0 saturated carbocycles. The van der Waals surface area contributed by atoms with E-state index in [2.05, 4.69) is 5.32 Å². The van der Waals surface area contributed by atoms with Crippen LogP contribution in [0.25, 0.3) is 0 Å². The molecule has 0 radical (unpaired) electrons. The summed E-state index contributed by atoms with van der Waals surface area (Å²) in [4.78, 5) is 27.9. The van der Waals surface area contributed by atoms with Crippen molar-refractivity contribution in [2.45, 2.75) is 39.8 Å². The lowest BCUT2D eigenvalue weighted by atomic mass is 10.1. The Morgan fingerprint density at radius 2 is 1.78 bits per heavy atom. The molecule has 8 nitrogen and oxygen atoms in total. The maximum absolute atomic E-state index is 13.9. The average Bonchev–Trinajstić information content (AvgIpc) is 2.82. The molecule has 2 aromatic rings. The minimum absolute atomic E-state index is 0.000973. The summed E-state index contributed by atoms with van der Waals surface area (Å²) in [6.07, 6.45) is 1.13. The first-order valence-electron chi connectivity index (χ1n) is 11.5. The van der Waals surface area contributed by atoms with Crippen molar-refractivity contribution in [1.82, 2.24) is 10.2 Å². The van der Waals surface area contributed by atoms with Crippen molar-refractivity contribution < 1.29 is 31.5 Å². The van der Waals surface area contributed by atoms with Gasteiger partial charge in [0.2, 0.25) is 21.8 Å². The van der Waals surface area contributed by atoms with E-state index in [-0.39, 0.29) is 30.5 Å². The lowest BCUT2D eigenvalue weighted by molar-refractivity contribution is -0.140. The third-order valence-electron chi connectivity index (χ3n) is 5.43. The van der Waals surface area contributed by atoms with Crippen molar-refractivity contribution in [2.24, 2.45) is 5.92 Å². The van der Waals surface area contributed by atoms with Crippen molar-refractivity contribution >= 4 is 27.5 Å². The predicted octanol–water partition coefficient (Wildman–Crippen LogP) is 3.32. The summed E-state index contributed by atoms with van der Waals surface area (Å²) >= 11 is 0. The Hall–Kier alpha value is -3.21. The van der Waals surface area contributed by atoms with E-state index in [0.29, 0.717) is 28.2 Å². The Morgan fingerprint density at radius 1 is 1.08 bits per heavy atom. The van der Waals surface area contributed by atoms with Crippen molar-refractivity contribution in [3.63, 3.8) is 0 Å². The highest BCUT2D eigenvalue weighted by Crippen LogP contribution is 2.22. The zero-order chi connectivity index (χ0) is 27.0. The topological polar surface area (TPSA) is 96.0 Å². The number of nitrogens with one attached hydrogen (secondary N) is 1. The SMILES string of the molecule is CCC(C(=O)NCC(C)C)N(Cc1cccc(OC)c1)C(=O)CN(c1ccc(F)c(F)c1)S(C)(=O)=O. The zero-order valence-electron chi connectivity index (χ0n) is 21.1. The fourth-order valence-corrected chi connectivity index (χ4v) is 4.40. The van der Waals surface area contributed by atoms with E-state index in [4.69, 9.17) is 4.74 Å². The number of carbonyl (C=O) groups excluding carboxylic acids is 2. The number of ether oxygens (including phenoxy) is 1. The number of hydrogen-bond donors (Lipinski definition) is 1. The first-order valence-corrected chi connectivity index (χ1v) is 13.3. The molecule has 2 rings (SSSR count). The van der Waals surface area contributed by atoms with E-state index in [0.717, 1.165) is 18.4 Å². The number of anilines is 1. The van der Waals surface area contributed by atoms with Gasteiger partial charge in [0.15, 0.2) is 11.6 Å². The molecule has 0 saturated heterocycles. The van der Waals surface area contributed by atoms with Gasteiger partial charge in [0.1, 0.15) is 18.3 Å². The fourth-order valence-electron chi connectivity index (χ4n) is 3.56. The number of sulfonamides is 1. The van der Waals surface area contributed by atoms with Crippen LogP contribution in [0.5, 0.6) is 5.75 Å². The van der Waals surface area contributed by atoms with E-state index < -0.39 is 40.2 Å². The van der Waals surface area contributed by atoms with Crippen LogP contribution in [0.2, 0.25) is 0 Å². The van der Waals surface area contributed by atoms with Gasteiger partial charge in [0.25, 0.3) is 0 Å². The Balaban J connectivity index is 2.46. The van der Waals surface area contributed by atoms with Crippen molar-refractivity contribution in [3.05, 3.63) is 59.7 Å². The van der Waals surface area contributed by atoms with Crippen LogP contribution in [-0.4, -0.2) is 57.6 Å². The van der Waals surface area contributed by atoms with Gasteiger partial charge in [-0.15, -0.1) is 0 Å². The highest BCUT2D eigenvalue weighted by atomic mass is 32.2. The Kier molecular flexibility index (Phi) is 10.2. The number of methoxy groups -OCH3 is 1. The molecule has 1 atom stereocenters. The number of hydrogen-bond acceptors (Lipinski definition) is 5. The van der Waals surface area contributed by atoms with Crippen molar-refractivity contribution in [1.29, 1.82) is 0 Å². The molecular weight excluding hydrogens is 492 g/mol. The molecule has 0 aliphatic carbocycles. The third-order valence-corrected chi connectivity index (χ3v) is 6.57. The van der Waals surface area contributed by atoms with Gasteiger partial charge in [-0.05, 0) is 42.2 Å². The van der Waals surface area contributed by atoms with Gasteiger partial charge >= 0.3 is 0 Å². The van der Waals surface area contributed by atoms with Crippen LogP contribution in [0.4, 0.5) is 14.5 Å². The largest absolute Gasteiger partial charge is 0.497 e. The standard InChI is InChI=1S/C25H33F2N3O5S/c1-6-23(25(32)28-14-17(2)3)29(15-18-8-7-9-20(12-18)35-4)24(31)16-30(36(5,33)34)19-10-11-21(26)22(27)13-19/h7-13,17,23H,6,14-16H2,1-5H3,(H,28,32). The molecule has 0 aromatic heterocycles. The Bertz CT molecular complexity index is 1170. The molecule has 0 aliphatic heterocycles. The second-order valence-corrected chi connectivity index (χ2v) is 10.7. The second kappa shape index (κ2) is 12.7. The van der Waals surface area contributed by atoms with Crippen LogP contribution in [-0.2, 0) is 26.2 Å². The van der Waals surface area contributed by atoms with Crippen molar-refractivity contribution in [2.75, 3.05) is 30.8 Å². The number of carbonyl (C=O) groups is 2. The number of amides is 2. The molecule has 0 spiro atoms. The highest BCUT2D eigenvalue weighted by Gasteiger charge is 2.32. The van der Waals surface area contributed by atoms with Gasteiger partial charge in [-0.2, -0.15) is 0 Å². The summed E-state index contributed by atoms with van der Waals surface area (Å²) in [6, 6.07) is 8.61. The number of rotatable bonds is 12. The number of halogens is 2. The van der Waals surface area contributed by atoms with Gasteiger partial charge < -0.3 is 15.0 Å². The van der Waals surface area contributed by atoms with Gasteiger partial charge in [0, 0.05) is 19.2 Å². The molecule has 11 heteroatoms. The zero-order valence-corrected chi connectivity index (χ0v) is 21.9. The molecule has 0 fully saturated rings.